The van der Waals surface area contributed by atoms with Gasteiger partial charge in [0.25, 0.3) is 15.9 Å². The van der Waals surface area contributed by atoms with E-state index in [1.165, 1.54) is 12.3 Å². The monoisotopic (exact) mass is 566 g/mol. The summed E-state index contributed by atoms with van der Waals surface area (Å²) in [6.45, 7) is 7.36. The molecule has 1 saturated carbocycles. The van der Waals surface area contributed by atoms with Gasteiger partial charge in [-0.3, -0.25) is 14.4 Å². The molecule has 10 nitrogen and oxygen atoms in total. The van der Waals surface area contributed by atoms with E-state index in [4.69, 9.17) is 4.42 Å². The molecule has 2 fully saturated rings. The van der Waals surface area contributed by atoms with Crippen LogP contribution in [0.3, 0.4) is 0 Å². The average Bonchev–Trinajstić information content (AvgIpc) is 3.60. The van der Waals surface area contributed by atoms with Crippen LogP contribution in [0.15, 0.2) is 58.1 Å². The van der Waals surface area contributed by atoms with Gasteiger partial charge in [-0.2, -0.15) is 4.31 Å². The maximum Gasteiger partial charge on any atom is 0.288 e. The summed E-state index contributed by atoms with van der Waals surface area (Å²) in [6, 6.07) is 11.0. The number of Topliss-reactive ketones (excluding diaryl/α,β-unsaturated/α-hetero) is 1. The Morgan fingerprint density at radius 3 is 2.52 bits per heavy atom. The van der Waals surface area contributed by atoms with Gasteiger partial charge >= 0.3 is 0 Å². The fraction of sp³-hybridized carbons (Fsp3) is 0.448. The minimum absolute atomic E-state index is 0.102. The fourth-order valence-corrected chi connectivity index (χ4v) is 7.21. The highest BCUT2D eigenvalue weighted by atomic mass is 32.2. The number of amides is 2. The molecule has 1 aliphatic carbocycles. The van der Waals surface area contributed by atoms with Gasteiger partial charge in [0.2, 0.25) is 5.91 Å². The van der Waals surface area contributed by atoms with Crippen LogP contribution in [0.25, 0.3) is 11.0 Å². The third kappa shape index (κ3) is 5.03. The van der Waals surface area contributed by atoms with Crippen molar-refractivity contribution in [2.24, 2.45) is 17.8 Å². The van der Waals surface area contributed by atoms with E-state index in [9.17, 15) is 22.8 Å². The third-order valence-corrected chi connectivity index (χ3v) is 9.76. The molecule has 1 aromatic carbocycles. The van der Waals surface area contributed by atoms with E-state index in [-0.39, 0.29) is 48.1 Å². The van der Waals surface area contributed by atoms with Gasteiger partial charge in [-0.15, -0.1) is 0 Å². The van der Waals surface area contributed by atoms with Crippen LogP contribution in [0.1, 0.15) is 49.7 Å². The molecule has 1 saturated heterocycles. The van der Waals surface area contributed by atoms with Gasteiger partial charge < -0.3 is 15.1 Å². The largest absolute Gasteiger partial charge is 0.451 e. The Bertz CT molecular complexity index is 1570. The lowest BCUT2D eigenvalue weighted by atomic mass is 9.98. The topological polar surface area (TPSA) is 139 Å². The van der Waals surface area contributed by atoms with E-state index in [2.05, 4.69) is 15.6 Å². The third-order valence-electron chi connectivity index (χ3n) is 8.03. The van der Waals surface area contributed by atoms with Gasteiger partial charge in [-0.1, -0.05) is 45.0 Å². The van der Waals surface area contributed by atoms with Crippen LogP contribution < -0.4 is 10.6 Å². The number of hydrogen-bond acceptors (Lipinski definition) is 7. The number of ketones is 1. The van der Waals surface area contributed by atoms with E-state index in [1.807, 2.05) is 39.0 Å². The lowest BCUT2D eigenvalue weighted by molar-refractivity contribution is -0.129. The summed E-state index contributed by atoms with van der Waals surface area (Å²) >= 11 is 0. The summed E-state index contributed by atoms with van der Waals surface area (Å²) in [5.41, 5.74) is 0.0853. The molecule has 4 atom stereocenters. The van der Waals surface area contributed by atoms with Crippen molar-refractivity contribution < 1.29 is 27.2 Å². The van der Waals surface area contributed by atoms with Crippen LogP contribution in [0.5, 0.6) is 0 Å². The molecule has 5 rings (SSSR count). The number of carbonyl (C=O) groups is 3. The summed E-state index contributed by atoms with van der Waals surface area (Å²) < 4.78 is 33.3. The number of benzene rings is 1. The number of rotatable bonds is 7. The number of sulfonamides is 1. The first-order chi connectivity index (χ1) is 18.9. The number of nitrogens with zero attached hydrogens (tertiary/aromatic N) is 2. The van der Waals surface area contributed by atoms with E-state index in [0.717, 1.165) is 9.69 Å². The molecule has 2 aromatic heterocycles. The quantitative estimate of drug-likeness (QED) is 0.448. The Kier molecular flexibility index (Phi) is 7.30. The zero-order valence-corrected chi connectivity index (χ0v) is 23.8. The molecule has 3 heterocycles. The Labute approximate surface area is 233 Å². The van der Waals surface area contributed by atoms with Crippen molar-refractivity contribution in [3.05, 3.63) is 60.0 Å². The Balaban J connectivity index is 1.35. The maximum atomic E-state index is 13.7. The van der Waals surface area contributed by atoms with Crippen molar-refractivity contribution in [2.75, 3.05) is 13.1 Å². The van der Waals surface area contributed by atoms with E-state index >= 15 is 0 Å². The van der Waals surface area contributed by atoms with Gasteiger partial charge in [-0.25, -0.2) is 13.4 Å². The minimum Gasteiger partial charge on any atom is -0.451 e. The first-order valence-corrected chi connectivity index (χ1v) is 14.9. The van der Waals surface area contributed by atoms with Crippen LogP contribution in [-0.2, 0) is 19.6 Å². The van der Waals surface area contributed by atoms with Gasteiger partial charge in [-0.05, 0) is 55.7 Å². The van der Waals surface area contributed by atoms with Gasteiger partial charge in [0.1, 0.15) is 11.1 Å². The summed E-state index contributed by atoms with van der Waals surface area (Å²) in [5, 5.41) is 6.50. The second-order valence-corrected chi connectivity index (χ2v) is 13.2. The molecule has 0 bridgehead atoms. The summed E-state index contributed by atoms with van der Waals surface area (Å²) in [6.07, 6.45) is 2.09. The SMILES string of the molecule is Cc1c(C(=O)NC2(C(=O)N[C@H]3C[C@H](C)CN(S(=O)(=O)c4ccccn4)CC3=O)CC2C(C)C)oc2ccccc12. The predicted octanol–water partition coefficient (Wildman–Crippen LogP) is 3.07. The summed E-state index contributed by atoms with van der Waals surface area (Å²) in [5.74, 6) is -1.42. The normalized spacial score (nSPS) is 25.5. The number of nitrogens with one attached hydrogen (secondary N) is 2. The molecule has 2 N–H and O–H groups in total. The molecule has 2 aliphatic rings. The Morgan fingerprint density at radius 2 is 1.88 bits per heavy atom. The van der Waals surface area contributed by atoms with E-state index in [1.54, 1.807) is 25.1 Å². The highest BCUT2D eigenvalue weighted by Crippen LogP contribution is 2.49. The van der Waals surface area contributed by atoms with Crippen LogP contribution in [0.2, 0.25) is 0 Å². The van der Waals surface area contributed by atoms with Crippen molar-refractivity contribution in [1.82, 2.24) is 19.9 Å². The van der Waals surface area contributed by atoms with E-state index in [0.29, 0.717) is 17.6 Å². The molecule has 2 unspecified atom stereocenters. The lowest BCUT2D eigenvalue weighted by Crippen LogP contribution is -2.55. The molecule has 2 amide bonds. The highest BCUT2D eigenvalue weighted by molar-refractivity contribution is 7.89. The number of pyridine rings is 1. The molecule has 1 aliphatic heterocycles. The standard InChI is InChI=1S/C29H34N4O6S/c1-17(2)21-14-29(21,32-27(35)26-19(4)20-9-5-6-10-24(20)39-26)28(36)31-22-13-18(3)15-33(16-23(22)34)40(37,38)25-11-7-8-12-30-25/h5-12,17-18,21-22H,13-16H2,1-4H3,(H,31,36)(H,32,35)/t18-,21?,22-,29?/m0/s1. The predicted molar refractivity (Wildman–Crippen MR) is 148 cm³/mol. The molecule has 212 valence electrons. The molecule has 0 spiro atoms. The fourth-order valence-electron chi connectivity index (χ4n) is 5.75. The first kappa shape index (κ1) is 28.0. The first-order valence-electron chi connectivity index (χ1n) is 13.5. The number of hydrogen-bond donors (Lipinski definition) is 2. The summed E-state index contributed by atoms with van der Waals surface area (Å²) in [7, 11) is -3.98. The van der Waals surface area contributed by atoms with Crippen LogP contribution in [0.4, 0.5) is 0 Å². The molecule has 40 heavy (non-hydrogen) atoms. The van der Waals surface area contributed by atoms with Gasteiger partial charge in [0.05, 0.1) is 12.6 Å². The highest BCUT2D eigenvalue weighted by Gasteiger charge is 2.62. The molecular formula is C29H34N4O6S. The van der Waals surface area contributed by atoms with Crippen molar-refractivity contribution in [1.29, 1.82) is 0 Å². The number of aryl methyl sites for hydroxylation is 1. The van der Waals surface area contributed by atoms with Crippen molar-refractivity contribution >= 4 is 38.6 Å². The maximum absolute atomic E-state index is 13.7. The van der Waals surface area contributed by atoms with Gasteiger partial charge in [0, 0.05) is 23.7 Å². The van der Waals surface area contributed by atoms with Gasteiger partial charge in [0.15, 0.2) is 16.6 Å². The lowest BCUT2D eigenvalue weighted by Gasteiger charge is -2.24. The van der Waals surface area contributed by atoms with Crippen molar-refractivity contribution in [2.45, 2.75) is 57.1 Å². The smallest absolute Gasteiger partial charge is 0.288 e. The van der Waals surface area contributed by atoms with Crippen LogP contribution in [-0.4, -0.2) is 60.0 Å². The summed E-state index contributed by atoms with van der Waals surface area (Å²) in [4.78, 5) is 44.4. The zero-order chi connectivity index (χ0) is 28.8. The van der Waals surface area contributed by atoms with Crippen molar-refractivity contribution in [3.63, 3.8) is 0 Å². The number of fused-ring (bicyclic) bond motifs is 1. The Morgan fingerprint density at radius 1 is 1.15 bits per heavy atom. The molecular weight excluding hydrogens is 532 g/mol. The second-order valence-electron chi connectivity index (χ2n) is 11.3. The van der Waals surface area contributed by atoms with Crippen LogP contribution >= 0.6 is 0 Å². The van der Waals surface area contributed by atoms with E-state index < -0.39 is 39.2 Å². The molecule has 11 heteroatoms. The minimum atomic E-state index is -3.98. The second kappa shape index (κ2) is 10.4. The average molecular weight is 567 g/mol. The number of para-hydroxylation sites is 1. The number of aromatic nitrogens is 1. The zero-order valence-electron chi connectivity index (χ0n) is 23.0. The number of furan rings is 1. The number of carbonyl (C=O) groups excluding carboxylic acids is 3. The Hall–Kier alpha value is -3.57. The van der Waals surface area contributed by atoms with Crippen molar-refractivity contribution in [3.8, 4) is 0 Å². The molecule has 3 aromatic rings. The van der Waals surface area contributed by atoms with Crippen LogP contribution in [0, 0.1) is 24.7 Å². The molecule has 0 radical (unpaired) electrons.